The molecule has 1 saturated heterocycles. The number of nitrogens with one attached hydrogen (secondary N) is 1. The first-order chi connectivity index (χ1) is 6.56. The third kappa shape index (κ3) is 2.45. The zero-order chi connectivity index (χ0) is 10.7. The number of ether oxygens (including phenoxy) is 1. The minimum absolute atomic E-state index is 0.0800. The van der Waals surface area contributed by atoms with Gasteiger partial charge in [-0.3, -0.25) is 10.3 Å². The zero-order valence-corrected chi connectivity index (χ0v) is 9.29. The summed E-state index contributed by atoms with van der Waals surface area (Å²) in [6, 6.07) is 0.441. The summed E-state index contributed by atoms with van der Waals surface area (Å²) in [4.78, 5) is 2.27. The van der Waals surface area contributed by atoms with Crippen LogP contribution >= 0.6 is 0 Å². The van der Waals surface area contributed by atoms with E-state index in [1.807, 2.05) is 0 Å². The molecule has 1 fully saturated rings. The SMILES string of the molecule is CCC(C(=N)N)N1CC(C)OCC1C. The molecule has 0 amide bonds. The smallest absolute Gasteiger partial charge is 0.108 e. The van der Waals surface area contributed by atoms with E-state index in [2.05, 4.69) is 25.7 Å². The van der Waals surface area contributed by atoms with Crippen LogP contribution in [0.25, 0.3) is 0 Å². The summed E-state index contributed by atoms with van der Waals surface area (Å²) in [6.45, 7) is 7.87. The van der Waals surface area contributed by atoms with Gasteiger partial charge in [0.15, 0.2) is 0 Å². The van der Waals surface area contributed by atoms with Crippen LogP contribution in [-0.4, -0.2) is 42.1 Å². The van der Waals surface area contributed by atoms with Crippen molar-refractivity contribution in [3.8, 4) is 0 Å². The van der Waals surface area contributed by atoms with Crippen molar-refractivity contribution in [2.45, 2.75) is 45.4 Å². The van der Waals surface area contributed by atoms with Crippen molar-refractivity contribution in [2.75, 3.05) is 13.2 Å². The molecule has 1 rings (SSSR count). The summed E-state index contributed by atoms with van der Waals surface area (Å²) in [7, 11) is 0. The first-order valence-corrected chi connectivity index (χ1v) is 5.27. The standard InChI is InChI=1S/C10H21N3O/c1-4-9(10(11)12)13-5-8(3)14-6-7(13)2/h7-9H,4-6H2,1-3H3,(H3,11,12). The average Bonchev–Trinajstić information content (AvgIpc) is 2.11. The molecule has 0 aromatic carbocycles. The number of morpholine rings is 1. The van der Waals surface area contributed by atoms with E-state index in [9.17, 15) is 0 Å². The van der Waals surface area contributed by atoms with Crippen molar-refractivity contribution in [1.82, 2.24) is 4.90 Å². The van der Waals surface area contributed by atoms with E-state index in [0.717, 1.165) is 19.6 Å². The van der Waals surface area contributed by atoms with Gasteiger partial charge in [0, 0.05) is 12.6 Å². The van der Waals surface area contributed by atoms with Crippen LogP contribution in [0.4, 0.5) is 0 Å². The van der Waals surface area contributed by atoms with E-state index in [1.54, 1.807) is 0 Å². The molecule has 0 saturated carbocycles. The highest BCUT2D eigenvalue weighted by Crippen LogP contribution is 2.16. The van der Waals surface area contributed by atoms with Crippen LogP contribution < -0.4 is 5.73 Å². The van der Waals surface area contributed by atoms with Crippen LogP contribution in [0.5, 0.6) is 0 Å². The van der Waals surface area contributed by atoms with E-state index in [-0.39, 0.29) is 18.0 Å². The third-order valence-electron chi connectivity index (χ3n) is 2.80. The monoisotopic (exact) mass is 199 g/mol. The summed E-state index contributed by atoms with van der Waals surface area (Å²) >= 11 is 0. The van der Waals surface area contributed by atoms with Crippen molar-refractivity contribution in [3.05, 3.63) is 0 Å². The Labute approximate surface area is 85.9 Å². The van der Waals surface area contributed by atoms with E-state index in [4.69, 9.17) is 15.9 Å². The van der Waals surface area contributed by atoms with E-state index in [1.165, 1.54) is 0 Å². The van der Waals surface area contributed by atoms with Crippen LogP contribution in [0.3, 0.4) is 0 Å². The maximum absolute atomic E-state index is 7.54. The van der Waals surface area contributed by atoms with Gasteiger partial charge in [-0.25, -0.2) is 0 Å². The van der Waals surface area contributed by atoms with Crippen molar-refractivity contribution < 1.29 is 4.74 Å². The zero-order valence-electron chi connectivity index (χ0n) is 9.29. The molecule has 1 aliphatic rings. The van der Waals surface area contributed by atoms with Crippen LogP contribution in [0.1, 0.15) is 27.2 Å². The molecule has 4 nitrogen and oxygen atoms in total. The second kappa shape index (κ2) is 4.75. The number of nitrogens with two attached hydrogens (primary N) is 1. The number of hydrogen-bond donors (Lipinski definition) is 2. The van der Waals surface area contributed by atoms with Crippen molar-refractivity contribution in [2.24, 2.45) is 5.73 Å². The quantitative estimate of drug-likeness (QED) is 0.522. The number of rotatable bonds is 3. The second-order valence-electron chi connectivity index (χ2n) is 4.07. The Morgan fingerprint density at radius 1 is 1.64 bits per heavy atom. The number of amidine groups is 1. The maximum atomic E-state index is 7.54. The molecule has 82 valence electrons. The molecule has 3 unspecified atom stereocenters. The normalized spacial score (nSPS) is 31.4. The highest BCUT2D eigenvalue weighted by molar-refractivity contribution is 5.82. The molecule has 0 radical (unpaired) electrons. The van der Waals surface area contributed by atoms with Gasteiger partial charge in [-0.2, -0.15) is 0 Å². The molecule has 0 aliphatic carbocycles. The molecule has 0 spiro atoms. The van der Waals surface area contributed by atoms with E-state index in [0.29, 0.717) is 6.04 Å². The maximum Gasteiger partial charge on any atom is 0.108 e. The Kier molecular flexibility index (Phi) is 3.89. The van der Waals surface area contributed by atoms with Gasteiger partial charge < -0.3 is 10.5 Å². The molecule has 3 N–H and O–H groups in total. The Balaban J connectivity index is 2.66. The summed E-state index contributed by atoms with van der Waals surface area (Å²) in [5.74, 6) is 0.272. The lowest BCUT2D eigenvalue weighted by atomic mass is 10.1. The highest BCUT2D eigenvalue weighted by Gasteiger charge is 2.29. The van der Waals surface area contributed by atoms with Gasteiger partial charge in [0.05, 0.1) is 18.8 Å². The fourth-order valence-electron chi connectivity index (χ4n) is 2.00. The first-order valence-electron chi connectivity index (χ1n) is 5.27. The van der Waals surface area contributed by atoms with Crippen LogP contribution in [0, 0.1) is 5.41 Å². The van der Waals surface area contributed by atoms with Crippen molar-refractivity contribution >= 4 is 5.84 Å². The molecule has 4 heteroatoms. The van der Waals surface area contributed by atoms with E-state index >= 15 is 0 Å². The largest absolute Gasteiger partial charge is 0.386 e. The van der Waals surface area contributed by atoms with Crippen molar-refractivity contribution in [1.29, 1.82) is 5.41 Å². The van der Waals surface area contributed by atoms with Crippen LogP contribution in [0.15, 0.2) is 0 Å². The Bertz CT molecular complexity index is 208. The summed E-state index contributed by atoms with van der Waals surface area (Å²) < 4.78 is 5.54. The number of hydrogen-bond acceptors (Lipinski definition) is 3. The third-order valence-corrected chi connectivity index (χ3v) is 2.80. The van der Waals surface area contributed by atoms with Gasteiger partial charge in [0.2, 0.25) is 0 Å². The molecular formula is C10H21N3O. The van der Waals surface area contributed by atoms with Crippen LogP contribution in [-0.2, 0) is 4.74 Å². The minimum Gasteiger partial charge on any atom is -0.386 e. The van der Waals surface area contributed by atoms with Gasteiger partial charge in [-0.1, -0.05) is 6.92 Å². The van der Waals surface area contributed by atoms with Gasteiger partial charge in [0.25, 0.3) is 0 Å². The van der Waals surface area contributed by atoms with Crippen LogP contribution in [0.2, 0.25) is 0 Å². The predicted octanol–water partition coefficient (Wildman–Crippen LogP) is 0.810. The number of nitrogens with zero attached hydrogens (tertiary/aromatic N) is 1. The fraction of sp³-hybridized carbons (Fsp3) is 0.900. The summed E-state index contributed by atoms with van der Waals surface area (Å²) in [5, 5.41) is 7.54. The molecule has 0 bridgehead atoms. The first kappa shape index (κ1) is 11.5. The highest BCUT2D eigenvalue weighted by atomic mass is 16.5. The fourth-order valence-corrected chi connectivity index (χ4v) is 2.00. The molecule has 1 heterocycles. The lowest BCUT2D eigenvalue weighted by Crippen LogP contribution is -2.55. The Hall–Kier alpha value is -0.610. The molecule has 0 aromatic rings. The average molecular weight is 199 g/mol. The van der Waals surface area contributed by atoms with Gasteiger partial charge in [0.1, 0.15) is 5.84 Å². The molecule has 3 atom stereocenters. The molecule has 14 heavy (non-hydrogen) atoms. The lowest BCUT2D eigenvalue weighted by Gasteiger charge is -2.41. The van der Waals surface area contributed by atoms with Gasteiger partial charge >= 0.3 is 0 Å². The Morgan fingerprint density at radius 2 is 2.29 bits per heavy atom. The Morgan fingerprint density at radius 3 is 2.79 bits per heavy atom. The molecular weight excluding hydrogens is 178 g/mol. The van der Waals surface area contributed by atoms with Crippen molar-refractivity contribution in [3.63, 3.8) is 0 Å². The predicted molar refractivity (Wildman–Crippen MR) is 57.6 cm³/mol. The summed E-state index contributed by atoms with van der Waals surface area (Å²) in [5.41, 5.74) is 5.59. The summed E-state index contributed by atoms with van der Waals surface area (Å²) in [6.07, 6.45) is 1.14. The molecule has 0 aromatic heterocycles. The van der Waals surface area contributed by atoms with Gasteiger partial charge in [-0.15, -0.1) is 0 Å². The van der Waals surface area contributed by atoms with E-state index < -0.39 is 0 Å². The topological polar surface area (TPSA) is 62.3 Å². The minimum atomic E-state index is 0.0800. The lowest BCUT2D eigenvalue weighted by molar-refractivity contribution is -0.0571. The van der Waals surface area contributed by atoms with Gasteiger partial charge in [-0.05, 0) is 20.3 Å². The molecule has 1 aliphatic heterocycles. The second-order valence-corrected chi connectivity index (χ2v) is 4.07.